The second-order valence-electron chi connectivity index (χ2n) is 8.30. The summed E-state index contributed by atoms with van der Waals surface area (Å²) in [6, 6.07) is 35.0. The fraction of sp³-hybridized carbons (Fsp3) is 0.207. The van der Waals surface area contributed by atoms with E-state index in [1.165, 1.54) is 11.1 Å². The van der Waals surface area contributed by atoms with E-state index in [1.807, 2.05) is 48.7 Å². The van der Waals surface area contributed by atoms with E-state index in [-0.39, 0.29) is 11.4 Å². The molecule has 0 N–H and O–H groups in total. The molecule has 5 heteroatoms. The number of aromatic nitrogens is 1. The molecule has 0 saturated carbocycles. The summed E-state index contributed by atoms with van der Waals surface area (Å²) in [7, 11) is 0. The third-order valence-corrected chi connectivity index (χ3v) is 7.20. The molecule has 2 atom stereocenters. The highest BCUT2D eigenvalue weighted by Gasteiger charge is 2.31. The van der Waals surface area contributed by atoms with Crippen LogP contribution in [0.1, 0.15) is 16.4 Å². The van der Waals surface area contributed by atoms with Gasteiger partial charge in [0.15, 0.2) is 5.75 Å². The van der Waals surface area contributed by atoms with E-state index in [0.717, 1.165) is 42.8 Å². The van der Waals surface area contributed by atoms with Crippen molar-refractivity contribution in [1.82, 2.24) is 9.88 Å². The lowest BCUT2D eigenvalue weighted by atomic mass is 10.1. The summed E-state index contributed by atoms with van der Waals surface area (Å²) in [6.07, 6.45) is 1.86. The fourth-order valence-electron chi connectivity index (χ4n) is 4.18. The summed E-state index contributed by atoms with van der Waals surface area (Å²) >= 11 is 1.71. The number of benzene rings is 3. The maximum atomic E-state index is 6.36. The van der Waals surface area contributed by atoms with Gasteiger partial charge >= 0.3 is 0 Å². The van der Waals surface area contributed by atoms with Gasteiger partial charge in [-0.1, -0.05) is 90.6 Å². The Kier molecular flexibility index (Phi) is 7.56. The summed E-state index contributed by atoms with van der Waals surface area (Å²) in [5.74, 6) is 1.56. The molecule has 4 aromatic rings. The molecule has 4 nitrogen and oxygen atoms in total. The summed E-state index contributed by atoms with van der Waals surface area (Å²) in [5.41, 5.74) is 2.56. The van der Waals surface area contributed by atoms with Gasteiger partial charge in [0.25, 0.3) is 0 Å². The number of rotatable bonds is 8. The van der Waals surface area contributed by atoms with Crippen LogP contribution in [0.5, 0.6) is 11.5 Å². The van der Waals surface area contributed by atoms with E-state index in [4.69, 9.17) is 14.5 Å². The van der Waals surface area contributed by atoms with Crippen molar-refractivity contribution in [2.24, 2.45) is 0 Å². The molecule has 1 saturated heterocycles. The summed E-state index contributed by atoms with van der Waals surface area (Å²) in [5, 5.41) is 0.955. The van der Waals surface area contributed by atoms with Crippen molar-refractivity contribution in [2.45, 2.75) is 22.9 Å². The number of pyridine rings is 1. The molecule has 1 aliphatic rings. The Hall–Kier alpha value is -3.12. The van der Waals surface area contributed by atoms with Crippen LogP contribution in [0.15, 0.2) is 114 Å². The number of thioether (sulfide) groups is 1. The van der Waals surface area contributed by atoms with Gasteiger partial charge < -0.3 is 9.47 Å². The van der Waals surface area contributed by atoms with Gasteiger partial charge in [-0.05, 0) is 35.4 Å². The first kappa shape index (κ1) is 22.7. The van der Waals surface area contributed by atoms with Crippen molar-refractivity contribution < 1.29 is 9.47 Å². The minimum atomic E-state index is 0.0384. The van der Waals surface area contributed by atoms with E-state index in [2.05, 4.69) is 65.6 Å². The minimum Gasteiger partial charge on any atom is -0.455 e. The molecule has 0 amide bonds. The molecule has 0 radical (unpaired) electrons. The first-order chi connectivity index (χ1) is 16.8. The normalized spacial score (nSPS) is 17.2. The van der Waals surface area contributed by atoms with Gasteiger partial charge in [-0.3, -0.25) is 4.90 Å². The van der Waals surface area contributed by atoms with Crippen LogP contribution < -0.4 is 4.74 Å². The molecule has 2 heterocycles. The van der Waals surface area contributed by atoms with E-state index in [9.17, 15) is 0 Å². The Morgan fingerprint density at radius 2 is 1.59 bits per heavy atom. The first-order valence-electron chi connectivity index (χ1n) is 11.6. The van der Waals surface area contributed by atoms with Crippen molar-refractivity contribution in [3.05, 3.63) is 120 Å². The largest absolute Gasteiger partial charge is 0.455 e. The van der Waals surface area contributed by atoms with E-state index in [0.29, 0.717) is 0 Å². The number of ether oxygens (including phenoxy) is 2. The standard InChI is InChI=1S/C29H28N2O2S/c1-4-11-23(12-5-1)21-31-19-20-32-27(22-31)28(24-13-6-2-7-14-24)34-29-26(17-10-18-30-29)33-25-15-8-3-9-16-25/h1-18,27-28H,19-22H2/t27-,28-/m0/s1. The Morgan fingerprint density at radius 3 is 2.35 bits per heavy atom. The molecular weight excluding hydrogens is 440 g/mol. The lowest BCUT2D eigenvalue weighted by Gasteiger charge is -2.37. The highest BCUT2D eigenvalue weighted by Crippen LogP contribution is 2.43. The van der Waals surface area contributed by atoms with Gasteiger partial charge in [0.05, 0.1) is 18.0 Å². The van der Waals surface area contributed by atoms with E-state index >= 15 is 0 Å². The monoisotopic (exact) mass is 468 g/mol. The van der Waals surface area contributed by atoms with Crippen LogP contribution in [0.2, 0.25) is 0 Å². The molecule has 3 aromatic carbocycles. The SMILES string of the molecule is c1ccc(CN2CCO[C@H]([C@@H](Sc3ncccc3Oc3ccccc3)c3ccccc3)C2)cc1. The van der Waals surface area contributed by atoms with E-state index < -0.39 is 0 Å². The zero-order valence-electron chi connectivity index (χ0n) is 19.0. The summed E-state index contributed by atoms with van der Waals surface area (Å²) in [6.45, 7) is 3.45. The van der Waals surface area contributed by atoms with Crippen LogP contribution in [-0.2, 0) is 11.3 Å². The highest BCUT2D eigenvalue weighted by atomic mass is 32.2. The van der Waals surface area contributed by atoms with Crippen LogP contribution in [-0.4, -0.2) is 35.7 Å². The molecule has 1 aromatic heterocycles. The minimum absolute atomic E-state index is 0.0384. The third-order valence-electron chi connectivity index (χ3n) is 5.84. The van der Waals surface area contributed by atoms with Gasteiger partial charge in [-0.25, -0.2) is 4.98 Å². The number of para-hydroxylation sites is 1. The molecule has 172 valence electrons. The summed E-state index contributed by atoms with van der Waals surface area (Å²) in [4.78, 5) is 7.18. The second kappa shape index (κ2) is 11.3. The predicted molar refractivity (Wildman–Crippen MR) is 137 cm³/mol. The van der Waals surface area contributed by atoms with Crippen LogP contribution in [0, 0.1) is 0 Å². The zero-order chi connectivity index (χ0) is 23.0. The molecule has 1 fully saturated rings. The van der Waals surface area contributed by atoms with Gasteiger partial charge in [0.1, 0.15) is 10.8 Å². The Bertz CT molecular complexity index is 1160. The molecule has 0 aliphatic carbocycles. The van der Waals surface area contributed by atoms with E-state index in [1.54, 1.807) is 11.8 Å². The average molecular weight is 469 g/mol. The van der Waals surface area contributed by atoms with Gasteiger partial charge in [-0.2, -0.15) is 0 Å². The lowest BCUT2D eigenvalue weighted by molar-refractivity contribution is -0.0320. The van der Waals surface area contributed by atoms with Crippen molar-refractivity contribution in [2.75, 3.05) is 19.7 Å². The van der Waals surface area contributed by atoms with Crippen molar-refractivity contribution >= 4 is 11.8 Å². The smallest absolute Gasteiger partial charge is 0.159 e. The Labute approximate surface area is 205 Å². The first-order valence-corrected chi connectivity index (χ1v) is 12.5. The molecule has 0 bridgehead atoms. The molecule has 0 unspecified atom stereocenters. The molecule has 34 heavy (non-hydrogen) atoms. The Morgan fingerprint density at radius 1 is 0.882 bits per heavy atom. The van der Waals surface area contributed by atoms with Crippen molar-refractivity contribution in [1.29, 1.82) is 0 Å². The Balaban J connectivity index is 1.38. The highest BCUT2D eigenvalue weighted by molar-refractivity contribution is 7.99. The number of morpholine rings is 1. The van der Waals surface area contributed by atoms with Crippen LogP contribution in [0.25, 0.3) is 0 Å². The molecular formula is C29H28N2O2S. The topological polar surface area (TPSA) is 34.6 Å². The predicted octanol–water partition coefficient (Wildman–Crippen LogP) is 6.61. The zero-order valence-corrected chi connectivity index (χ0v) is 19.8. The maximum Gasteiger partial charge on any atom is 0.159 e. The molecule has 5 rings (SSSR count). The maximum absolute atomic E-state index is 6.36. The summed E-state index contributed by atoms with van der Waals surface area (Å²) < 4.78 is 12.6. The van der Waals surface area contributed by atoms with Crippen LogP contribution in [0.4, 0.5) is 0 Å². The number of nitrogens with zero attached hydrogens (tertiary/aromatic N) is 2. The van der Waals surface area contributed by atoms with Crippen LogP contribution >= 0.6 is 11.8 Å². The fourth-order valence-corrected chi connectivity index (χ4v) is 5.38. The van der Waals surface area contributed by atoms with Crippen molar-refractivity contribution in [3.8, 4) is 11.5 Å². The lowest BCUT2D eigenvalue weighted by Crippen LogP contribution is -2.44. The number of hydrogen-bond acceptors (Lipinski definition) is 5. The molecule has 0 spiro atoms. The molecule has 1 aliphatic heterocycles. The van der Waals surface area contributed by atoms with Gasteiger partial charge in [0.2, 0.25) is 0 Å². The van der Waals surface area contributed by atoms with Crippen molar-refractivity contribution in [3.63, 3.8) is 0 Å². The number of hydrogen-bond donors (Lipinski definition) is 0. The van der Waals surface area contributed by atoms with Crippen LogP contribution in [0.3, 0.4) is 0 Å². The quantitative estimate of drug-likeness (QED) is 0.272. The average Bonchev–Trinajstić information content (AvgIpc) is 2.90. The second-order valence-corrected chi connectivity index (χ2v) is 9.43. The van der Waals surface area contributed by atoms with Gasteiger partial charge in [-0.15, -0.1) is 0 Å². The third kappa shape index (κ3) is 5.86. The van der Waals surface area contributed by atoms with Gasteiger partial charge in [0, 0.05) is 25.8 Å².